The number of aromatic hydroxyl groups is 1. The summed E-state index contributed by atoms with van der Waals surface area (Å²) in [5.74, 6) is 0.600. The number of carbonyl (C=O) groups is 1. The van der Waals surface area contributed by atoms with Crippen LogP contribution in [0.25, 0.3) is 0 Å². The third-order valence-electron chi connectivity index (χ3n) is 4.70. The summed E-state index contributed by atoms with van der Waals surface area (Å²) in [6, 6.07) is 5.53. The van der Waals surface area contributed by atoms with Crippen molar-refractivity contribution in [3.05, 3.63) is 29.3 Å². The highest BCUT2D eigenvalue weighted by atomic mass is 16.5. The minimum atomic E-state index is -0.0640. The predicted octanol–water partition coefficient (Wildman–Crippen LogP) is 2.41. The van der Waals surface area contributed by atoms with Gasteiger partial charge in [-0.25, -0.2) is 0 Å². The van der Waals surface area contributed by atoms with Gasteiger partial charge >= 0.3 is 5.97 Å². The number of hydrogen-bond acceptors (Lipinski definition) is 3. The first kappa shape index (κ1) is 11.6. The van der Waals surface area contributed by atoms with E-state index < -0.39 is 0 Å². The molecule has 18 heavy (non-hydrogen) atoms. The molecule has 2 aliphatic rings. The fourth-order valence-electron chi connectivity index (χ4n) is 3.79. The van der Waals surface area contributed by atoms with E-state index in [0.29, 0.717) is 18.3 Å². The number of rotatable bonds is 2. The molecule has 1 spiro atoms. The van der Waals surface area contributed by atoms with E-state index in [1.54, 1.807) is 6.07 Å². The molecule has 1 N–H and O–H groups in total. The number of esters is 1. The number of ether oxygens (including phenoxy) is 1. The SMILES string of the molecule is CCOC(=O)C1C(C)C12CCc1cc(O)ccc12. The topological polar surface area (TPSA) is 46.5 Å². The molecule has 0 aliphatic heterocycles. The lowest BCUT2D eigenvalue weighted by Crippen LogP contribution is -2.15. The highest BCUT2D eigenvalue weighted by Gasteiger charge is 2.68. The predicted molar refractivity (Wildman–Crippen MR) is 67.4 cm³/mol. The molecule has 0 radical (unpaired) electrons. The van der Waals surface area contributed by atoms with Crippen molar-refractivity contribution >= 4 is 5.97 Å². The first-order valence-corrected chi connectivity index (χ1v) is 6.60. The summed E-state index contributed by atoms with van der Waals surface area (Å²) in [6.07, 6.45) is 1.94. The number of aryl methyl sites for hydroxylation is 1. The molecule has 3 rings (SSSR count). The van der Waals surface area contributed by atoms with Gasteiger partial charge in [-0.15, -0.1) is 0 Å². The van der Waals surface area contributed by atoms with Crippen LogP contribution in [-0.4, -0.2) is 17.7 Å². The third-order valence-corrected chi connectivity index (χ3v) is 4.70. The molecule has 1 fully saturated rings. The van der Waals surface area contributed by atoms with Crippen LogP contribution in [0.4, 0.5) is 0 Å². The monoisotopic (exact) mass is 246 g/mol. The van der Waals surface area contributed by atoms with E-state index >= 15 is 0 Å². The maximum Gasteiger partial charge on any atom is 0.310 e. The molecule has 2 aliphatic carbocycles. The molecule has 1 aromatic carbocycles. The lowest BCUT2D eigenvalue weighted by molar-refractivity contribution is -0.145. The normalized spacial score (nSPS) is 32.3. The summed E-state index contributed by atoms with van der Waals surface area (Å²) in [6.45, 7) is 4.42. The van der Waals surface area contributed by atoms with E-state index in [-0.39, 0.29) is 17.3 Å². The molecule has 0 aromatic heterocycles. The summed E-state index contributed by atoms with van der Waals surface area (Å²) in [4.78, 5) is 12.0. The summed E-state index contributed by atoms with van der Waals surface area (Å²) in [5, 5.41) is 9.52. The molecular weight excluding hydrogens is 228 g/mol. The van der Waals surface area contributed by atoms with Gasteiger partial charge < -0.3 is 9.84 Å². The number of hydrogen-bond donors (Lipinski definition) is 1. The number of benzene rings is 1. The van der Waals surface area contributed by atoms with Crippen molar-refractivity contribution in [1.82, 2.24) is 0 Å². The minimum Gasteiger partial charge on any atom is -0.508 e. The van der Waals surface area contributed by atoms with Gasteiger partial charge in [-0.1, -0.05) is 13.0 Å². The first-order valence-electron chi connectivity index (χ1n) is 6.60. The molecule has 1 saturated carbocycles. The first-order chi connectivity index (χ1) is 8.61. The average molecular weight is 246 g/mol. The van der Waals surface area contributed by atoms with E-state index in [1.807, 2.05) is 19.1 Å². The number of phenolic OH excluding ortho intramolecular Hbond substituents is 1. The zero-order valence-electron chi connectivity index (χ0n) is 10.8. The van der Waals surface area contributed by atoms with Crippen LogP contribution in [0.15, 0.2) is 18.2 Å². The lowest BCUT2D eigenvalue weighted by atomic mass is 9.94. The number of fused-ring (bicyclic) bond motifs is 2. The molecule has 3 heteroatoms. The van der Waals surface area contributed by atoms with Crippen LogP contribution >= 0.6 is 0 Å². The Kier molecular flexibility index (Phi) is 2.40. The van der Waals surface area contributed by atoms with Gasteiger partial charge in [0.05, 0.1) is 12.5 Å². The Morgan fingerprint density at radius 1 is 1.56 bits per heavy atom. The Bertz CT molecular complexity index is 508. The molecule has 0 heterocycles. The summed E-state index contributed by atoms with van der Waals surface area (Å²) in [7, 11) is 0. The van der Waals surface area contributed by atoms with E-state index in [0.717, 1.165) is 12.8 Å². The van der Waals surface area contributed by atoms with Gasteiger partial charge in [0.1, 0.15) is 5.75 Å². The second kappa shape index (κ2) is 3.74. The van der Waals surface area contributed by atoms with Gasteiger partial charge in [0.2, 0.25) is 0 Å². The Morgan fingerprint density at radius 2 is 2.33 bits per heavy atom. The van der Waals surface area contributed by atoms with Crippen molar-refractivity contribution in [3.63, 3.8) is 0 Å². The van der Waals surface area contributed by atoms with Crippen molar-refractivity contribution in [3.8, 4) is 5.75 Å². The van der Waals surface area contributed by atoms with Gasteiger partial charge in [0, 0.05) is 5.41 Å². The van der Waals surface area contributed by atoms with Crippen LogP contribution < -0.4 is 0 Å². The Labute approximate surface area is 107 Å². The second-order valence-corrected chi connectivity index (χ2v) is 5.40. The Morgan fingerprint density at radius 3 is 3.06 bits per heavy atom. The summed E-state index contributed by atoms with van der Waals surface area (Å²) >= 11 is 0. The third kappa shape index (κ3) is 1.33. The van der Waals surface area contributed by atoms with Crippen molar-refractivity contribution in [1.29, 1.82) is 0 Å². The van der Waals surface area contributed by atoms with Crippen molar-refractivity contribution < 1.29 is 14.6 Å². The summed E-state index contributed by atoms with van der Waals surface area (Å²) < 4.78 is 5.17. The highest BCUT2D eigenvalue weighted by Crippen LogP contribution is 2.66. The highest BCUT2D eigenvalue weighted by molar-refractivity contribution is 5.81. The van der Waals surface area contributed by atoms with Crippen LogP contribution in [-0.2, 0) is 21.4 Å². The van der Waals surface area contributed by atoms with Gasteiger partial charge in [-0.2, -0.15) is 0 Å². The fourth-order valence-corrected chi connectivity index (χ4v) is 3.79. The standard InChI is InChI=1S/C15H18O3/c1-3-18-14(17)13-9(2)15(13)7-6-10-8-11(16)4-5-12(10)15/h4-5,8-9,13,16H,3,6-7H2,1-2H3. The van der Waals surface area contributed by atoms with Crippen LogP contribution in [0.2, 0.25) is 0 Å². The maximum absolute atomic E-state index is 12.0. The zero-order valence-corrected chi connectivity index (χ0v) is 10.8. The molecule has 1 aromatic rings. The molecule has 0 bridgehead atoms. The zero-order chi connectivity index (χ0) is 12.9. The smallest absolute Gasteiger partial charge is 0.310 e. The Hall–Kier alpha value is -1.51. The fraction of sp³-hybridized carbons (Fsp3) is 0.533. The van der Waals surface area contributed by atoms with Crippen molar-refractivity contribution in [2.45, 2.75) is 32.1 Å². The van der Waals surface area contributed by atoms with Crippen LogP contribution in [0.3, 0.4) is 0 Å². The van der Waals surface area contributed by atoms with Crippen LogP contribution in [0.5, 0.6) is 5.75 Å². The quantitative estimate of drug-likeness (QED) is 0.815. The van der Waals surface area contributed by atoms with E-state index in [1.165, 1.54) is 11.1 Å². The molecular formula is C15H18O3. The molecule has 3 unspecified atom stereocenters. The molecule has 0 saturated heterocycles. The van der Waals surface area contributed by atoms with Crippen LogP contribution in [0.1, 0.15) is 31.4 Å². The molecule has 0 amide bonds. The molecule has 3 nitrogen and oxygen atoms in total. The van der Waals surface area contributed by atoms with Gasteiger partial charge in [-0.05, 0) is 48.9 Å². The van der Waals surface area contributed by atoms with Crippen molar-refractivity contribution in [2.75, 3.05) is 6.61 Å². The summed E-state index contributed by atoms with van der Waals surface area (Å²) in [5.41, 5.74) is 2.41. The second-order valence-electron chi connectivity index (χ2n) is 5.40. The van der Waals surface area contributed by atoms with Crippen LogP contribution in [0, 0.1) is 11.8 Å². The largest absolute Gasteiger partial charge is 0.508 e. The molecule has 3 atom stereocenters. The average Bonchev–Trinajstić information content (AvgIpc) is 2.75. The van der Waals surface area contributed by atoms with Gasteiger partial charge in [0.25, 0.3) is 0 Å². The van der Waals surface area contributed by atoms with Gasteiger partial charge in [-0.3, -0.25) is 4.79 Å². The van der Waals surface area contributed by atoms with E-state index in [9.17, 15) is 9.90 Å². The van der Waals surface area contributed by atoms with Gasteiger partial charge in [0.15, 0.2) is 0 Å². The lowest BCUT2D eigenvalue weighted by Gasteiger charge is -2.11. The van der Waals surface area contributed by atoms with Crippen molar-refractivity contribution in [2.24, 2.45) is 11.8 Å². The van der Waals surface area contributed by atoms with E-state index in [4.69, 9.17) is 4.74 Å². The van der Waals surface area contributed by atoms with E-state index in [2.05, 4.69) is 6.92 Å². The number of carbonyl (C=O) groups excluding carboxylic acids is 1. The minimum absolute atomic E-state index is 0.00300. The maximum atomic E-state index is 12.0. The Balaban J connectivity index is 1.95. The number of phenols is 1. The molecule has 96 valence electrons.